The Kier molecular flexibility index (Phi) is 5.48. The zero-order chi connectivity index (χ0) is 19.8. The van der Waals surface area contributed by atoms with Gasteiger partial charge in [0.25, 0.3) is 0 Å². The second kappa shape index (κ2) is 7.00. The SMILES string of the molecule is COC(=O)c1ccnc2cc(C(O)(CC[Si](C)(C)C)C(F)(F)F)ccc12. The first-order valence-electron chi connectivity index (χ1n) is 8.16. The number of benzene rings is 1. The molecule has 0 spiro atoms. The van der Waals surface area contributed by atoms with Crippen molar-refractivity contribution in [1.29, 1.82) is 0 Å². The number of carbonyl (C=O) groups is 1. The fourth-order valence-corrected chi connectivity index (χ4v) is 3.81. The summed E-state index contributed by atoms with van der Waals surface area (Å²) in [6.07, 6.45) is -3.90. The summed E-state index contributed by atoms with van der Waals surface area (Å²) in [6.45, 7) is 5.86. The van der Waals surface area contributed by atoms with Crippen LogP contribution in [0.4, 0.5) is 13.2 Å². The van der Waals surface area contributed by atoms with Crippen LogP contribution in [0.1, 0.15) is 22.3 Å². The number of aliphatic hydroxyl groups is 1. The Bertz CT molecular complexity index is 817. The lowest BCUT2D eigenvalue weighted by Crippen LogP contribution is -2.43. The average Bonchev–Trinajstić information content (AvgIpc) is 2.56. The second-order valence-electron chi connectivity index (χ2n) is 7.50. The van der Waals surface area contributed by atoms with Crippen LogP contribution in [0.5, 0.6) is 0 Å². The Morgan fingerprint density at radius 3 is 2.42 bits per heavy atom. The third-order valence-corrected chi connectivity index (χ3v) is 6.08. The summed E-state index contributed by atoms with van der Waals surface area (Å²) in [5.74, 6) is -0.602. The third kappa shape index (κ3) is 4.07. The molecule has 2 aromatic rings. The normalized spacial score (nSPS) is 14.9. The van der Waals surface area contributed by atoms with Crippen LogP contribution in [-0.4, -0.2) is 37.4 Å². The number of ether oxygens (including phenoxy) is 1. The Labute approximate surface area is 151 Å². The molecule has 0 amide bonds. The molecule has 0 fully saturated rings. The molecule has 0 aliphatic heterocycles. The average molecular weight is 385 g/mol. The number of hydrogen-bond acceptors (Lipinski definition) is 4. The highest BCUT2D eigenvalue weighted by molar-refractivity contribution is 6.76. The molecular weight excluding hydrogens is 363 g/mol. The minimum atomic E-state index is -4.82. The van der Waals surface area contributed by atoms with Gasteiger partial charge in [0.05, 0.1) is 18.2 Å². The van der Waals surface area contributed by atoms with Crippen molar-refractivity contribution in [2.45, 2.75) is 43.9 Å². The maximum absolute atomic E-state index is 13.7. The molecule has 1 N–H and O–H groups in total. The van der Waals surface area contributed by atoms with Gasteiger partial charge >= 0.3 is 12.1 Å². The van der Waals surface area contributed by atoms with E-state index in [1.807, 2.05) is 19.6 Å². The van der Waals surface area contributed by atoms with E-state index in [1.54, 1.807) is 0 Å². The highest BCUT2D eigenvalue weighted by Crippen LogP contribution is 2.44. The molecule has 1 aromatic carbocycles. The molecule has 1 heterocycles. The number of esters is 1. The van der Waals surface area contributed by atoms with Crippen molar-refractivity contribution in [1.82, 2.24) is 4.98 Å². The van der Waals surface area contributed by atoms with Crippen molar-refractivity contribution in [3.63, 3.8) is 0 Å². The zero-order valence-electron chi connectivity index (χ0n) is 15.1. The van der Waals surface area contributed by atoms with Crippen molar-refractivity contribution >= 4 is 24.9 Å². The Morgan fingerprint density at radius 1 is 1.23 bits per heavy atom. The molecular formula is C18H22F3NO3Si. The van der Waals surface area contributed by atoms with E-state index >= 15 is 0 Å². The largest absolute Gasteiger partial charge is 0.465 e. The molecule has 26 heavy (non-hydrogen) atoms. The van der Waals surface area contributed by atoms with Gasteiger partial charge in [0.1, 0.15) is 0 Å². The quantitative estimate of drug-likeness (QED) is 0.608. The van der Waals surface area contributed by atoms with Gasteiger partial charge in [-0.05, 0) is 24.1 Å². The number of halogens is 3. The van der Waals surface area contributed by atoms with E-state index in [4.69, 9.17) is 0 Å². The first-order chi connectivity index (χ1) is 11.9. The van der Waals surface area contributed by atoms with Gasteiger partial charge in [-0.25, -0.2) is 4.79 Å². The number of hydrogen-bond donors (Lipinski definition) is 1. The summed E-state index contributed by atoms with van der Waals surface area (Å²) in [6, 6.07) is 5.52. The number of carbonyl (C=O) groups excluding carboxylic acids is 1. The smallest absolute Gasteiger partial charge is 0.421 e. The topological polar surface area (TPSA) is 59.4 Å². The fourth-order valence-electron chi connectivity index (χ4n) is 2.70. The fraction of sp³-hybridized carbons (Fsp3) is 0.444. The number of rotatable bonds is 5. The molecule has 0 radical (unpaired) electrons. The van der Waals surface area contributed by atoms with Crippen LogP contribution in [-0.2, 0) is 10.3 Å². The second-order valence-corrected chi connectivity index (χ2v) is 13.1. The van der Waals surface area contributed by atoms with Crippen LogP contribution in [0, 0.1) is 0 Å². The standard InChI is InChI=1S/C18H22F3NO3Si/c1-25-16(23)14-7-9-22-15-11-12(5-6-13(14)15)17(24,18(19,20)21)8-10-26(2,3)4/h5-7,9,11,24H,8,10H2,1-4H3. The Morgan fingerprint density at radius 2 is 1.88 bits per heavy atom. The number of fused-ring (bicyclic) bond motifs is 1. The van der Waals surface area contributed by atoms with E-state index in [0.717, 1.165) is 0 Å². The molecule has 0 aliphatic rings. The first kappa shape index (κ1) is 20.4. The summed E-state index contributed by atoms with van der Waals surface area (Å²) >= 11 is 0. The van der Waals surface area contributed by atoms with Gasteiger partial charge in [-0.1, -0.05) is 37.8 Å². The number of methoxy groups -OCH3 is 1. The maximum atomic E-state index is 13.7. The van der Waals surface area contributed by atoms with Crippen LogP contribution < -0.4 is 0 Å². The minimum Gasteiger partial charge on any atom is -0.465 e. The van der Waals surface area contributed by atoms with Crippen molar-refractivity contribution in [3.05, 3.63) is 41.6 Å². The molecule has 2 rings (SSSR count). The number of aromatic nitrogens is 1. The molecule has 142 valence electrons. The molecule has 1 atom stereocenters. The van der Waals surface area contributed by atoms with Crippen molar-refractivity contribution in [2.75, 3.05) is 7.11 Å². The van der Waals surface area contributed by atoms with Gasteiger partial charge in [0, 0.05) is 19.7 Å². The predicted octanol–water partition coefficient (Wildman–Crippen LogP) is 4.50. The summed E-state index contributed by atoms with van der Waals surface area (Å²) in [4.78, 5) is 15.9. The van der Waals surface area contributed by atoms with Crippen LogP contribution in [0.25, 0.3) is 10.9 Å². The number of nitrogens with zero attached hydrogens (tertiary/aromatic N) is 1. The van der Waals surface area contributed by atoms with E-state index < -0.39 is 32.2 Å². The minimum absolute atomic E-state index is 0.195. The van der Waals surface area contributed by atoms with E-state index in [2.05, 4.69) is 9.72 Å². The molecule has 1 unspecified atom stereocenters. The summed E-state index contributed by atoms with van der Waals surface area (Å²) < 4.78 is 45.8. The third-order valence-electron chi connectivity index (χ3n) is 4.33. The van der Waals surface area contributed by atoms with Crippen LogP contribution >= 0.6 is 0 Å². The molecule has 0 bridgehead atoms. The highest BCUT2D eigenvalue weighted by Gasteiger charge is 2.54. The Hall–Kier alpha value is -1.93. The molecule has 0 saturated heterocycles. The first-order valence-corrected chi connectivity index (χ1v) is 11.9. The van der Waals surface area contributed by atoms with Crippen molar-refractivity contribution in [2.24, 2.45) is 0 Å². The van der Waals surface area contributed by atoms with E-state index in [9.17, 15) is 23.1 Å². The van der Waals surface area contributed by atoms with Gasteiger partial charge in [-0.3, -0.25) is 4.98 Å². The summed E-state index contributed by atoms with van der Waals surface area (Å²) in [5, 5.41) is 10.9. The maximum Gasteiger partial charge on any atom is 0.421 e. The number of alkyl halides is 3. The molecule has 1 aromatic heterocycles. The van der Waals surface area contributed by atoms with Gasteiger partial charge in [-0.2, -0.15) is 13.2 Å². The summed E-state index contributed by atoms with van der Waals surface area (Å²) in [7, 11) is -0.574. The zero-order valence-corrected chi connectivity index (χ0v) is 16.1. The molecule has 4 nitrogen and oxygen atoms in total. The molecule has 8 heteroatoms. The van der Waals surface area contributed by atoms with Crippen molar-refractivity contribution < 1.29 is 27.8 Å². The van der Waals surface area contributed by atoms with E-state index in [1.165, 1.54) is 37.6 Å². The van der Waals surface area contributed by atoms with Crippen LogP contribution in [0.2, 0.25) is 25.7 Å². The lowest BCUT2D eigenvalue weighted by molar-refractivity contribution is -0.267. The van der Waals surface area contributed by atoms with Crippen LogP contribution in [0.3, 0.4) is 0 Å². The lowest BCUT2D eigenvalue weighted by atomic mass is 9.89. The molecule has 0 aliphatic carbocycles. The summed E-state index contributed by atoms with van der Waals surface area (Å²) in [5.41, 5.74) is -2.82. The van der Waals surface area contributed by atoms with Gasteiger partial charge in [-0.15, -0.1) is 0 Å². The lowest BCUT2D eigenvalue weighted by Gasteiger charge is -2.33. The Balaban J connectivity index is 2.56. The highest BCUT2D eigenvalue weighted by atomic mass is 28.3. The van der Waals surface area contributed by atoms with Crippen molar-refractivity contribution in [3.8, 4) is 0 Å². The van der Waals surface area contributed by atoms with E-state index in [0.29, 0.717) is 11.4 Å². The van der Waals surface area contributed by atoms with Gasteiger partial charge in [0.15, 0.2) is 5.60 Å². The predicted molar refractivity (Wildman–Crippen MR) is 95.8 cm³/mol. The van der Waals surface area contributed by atoms with Gasteiger partial charge in [0.2, 0.25) is 0 Å². The monoisotopic (exact) mass is 385 g/mol. The van der Waals surface area contributed by atoms with Gasteiger partial charge < -0.3 is 9.84 Å². The van der Waals surface area contributed by atoms with E-state index in [-0.39, 0.29) is 16.6 Å². The number of pyridine rings is 1. The van der Waals surface area contributed by atoms with Crippen LogP contribution in [0.15, 0.2) is 30.5 Å². The molecule has 0 saturated carbocycles.